The Morgan fingerprint density at radius 1 is 1.09 bits per heavy atom. The number of hydrogen-bond donors (Lipinski definition) is 1. The lowest BCUT2D eigenvalue weighted by molar-refractivity contribution is 0.195. The summed E-state index contributed by atoms with van der Waals surface area (Å²) in [5, 5.41) is 4.23. The van der Waals surface area contributed by atoms with E-state index < -0.39 is 0 Å². The first-order valence-electron chi connectivity index (χ1n) is 8.04. The van der Waals surface area contributed by atoms with E-state index in [4.69, 9.17) is 16.3 Å². The van der Waals surface area contributed by atoms with Gasteiger partial charge in [-0.15, -0.1) is 0 Å². The second-order valence-corrected chi connectivity index (χ2v) is 6.36. The number of benzene rings is 2. The highest BCUT2D eigenvalue weighted by molar-refractivity contribution is 6.31. The molecule has 1 aliphatic heterocycles. The Hall–Kier alpha value is -1.55. The van der Waals surface area contributed by atoms with Gasteiger partial charge in [-0.25, -0.2) is 0 Å². The zero-order chi connectivity index (χ0) is 16.2. The Labute approximate surface area is 143 Å². The molecule has 0 aromatic heterocycles. The summed E-state index contributed by atoms with van der Waals surface area (Å²) in [4.78, 5) is 2.48. The first-order valence-corrected chi connectivity index (χ1v) is 8.42. The first-order chi connectivity index (χ1) is 11.2. The fourth-order valence-corrected chi connectivity index (χ4v) is 3.50. The average Bonchev–Trinajstić information content (AvgIpc) is 2.58. The third kappa shape index (κ3) is 3.52. The summed E-state index contributed by atoms with van der Waals surface area (Å²) in [6.45, 7) is 6.09. The lowest BCUT2D eigenvalue weighted by atomic mass is 9.94. The van der Waals surface area contributed by atoms with Gasteiger partial charge < -0.3 is 10.1 Å². The quantitative estimate of drug-likeness (QED) is 0.926. The van der Waals surface area contributed by atoms with Gasteiger partial charge in [-0.3, -0.25) is 4.90 Å². The summed E-state index contributed by atoms with van der Waals surface area (Å²) in [7, 11) is 1.73. The maximum Gasteiger partial charge on any atom is 0.124 e. The number of piperazine rings is 1. The largest absolute Gasteiger partial charge is 0.496 e. The van der Waals surface area contributed by atoms with Crippen molar-refractivity contribution >= 4 is 11.6 Å². The van der Waals surface area contributed by atoms with E-state index in [1.165, 1.54) is 11.1 Å². The molecule has 1 unspecified atom stereocenters. The standard InChI is InChI=1S/C19H23ClN2O/c1-14-7-8-18(23-2)16(13-14)19(22-11-9-21-10-12-22)15-5-3-4-6-17(15)20/h3-8,13,19,21H,9-12H2,1-2H3. The molecule has 3 nitrogen and oxygen atoms in total. The molecule has 1 N–H and O–H groups in total. The molecule has 122 valence electrons. The number of halogens is 1. The number of methoxy groups -OCH3 is 1. The zero-order valence-corrected chi connectivity index (χ0v) is 14.4. The maximum atomic E-state index is 6.54. The van der Waals surface area contributed by atoms with Gasteiger partial charge in [0.2, 0.25) is 0 Å². The van der Waals surface area contributed by atoms with E-state index in [0.717, 1.165) is 42.5 Å². The number of rotatable bonds is 4. The van der Waals surface area contributed by atoms with Gasteiger partial charge in [0.05, 0.1) is 13.2 Å². The smallest absolute Gasteiger partial charge is 0.124 e. The molecule has 0 bridgehead atoms. The molecule has 0 radical (unpaired) electrons. The Morgan fingerprint density at radius 2 is 1.83 bits per heavy atom. The minimum absolute atomic E-state index is 0.112. The molecule has 0 aliphatic carbocycles. The molecule has 23 heavy (non-hydrogen) atoms. The lowest BCUT2D eigenvalue weighted by Gasteiger charge is -2.36. The van der Waals surface area contributed by atoms with E-state index in [9.17, 15) is 0 Å². The fraction of sp³-hybridized carbons (Fsp3) is 0.368. The van der Waals surface area contributed by atoms with Crippen molar-refractivity contribution in [3.63, 3.8) is 0 Å². The van der Waals surface area contributed by atoms with E-state index in [2.05, 4.69) is 47.5 Å². The minimum atomic E-state index is 0.112. The minimum Gasteiger partial charge on any atom is -0.496 e. The number of ether oxygens (including phenoxy) is 1. The summed E-state index contributed by atoms with van der Waals surface area (Å²) < 4.78 is 5.65. The van der Waals surface area contributed by atoms with Crippen LogP contribution in [0.5, 0.6) is 5.75 Å². The van der Waals surface area contributed by atoms with Crippen LogP contribution in [0.25, 0.3) is 0 Å². The highest BCUT2D eigenvalue weighted by atomic mass is 35.5. The van der Waals surface area contributed by atoms with Crippen LogP contribution in [0.3, 0.4) is 0 Å². The van der Waals surface area contributed by atoms with Crippen LogP contribution in [-0.2, 0) is 0 Å². The van der Waals surface area contributed by atoms with Crippen LogP contribution in [0, 0.1) is 6.92 Å². The fourth-order valence-electron chi connectivity index (χ4n) is 3.27. The molecular weight excluding hydrogens is 308 g/mol. The predicted octanol–water partition coefficient (Wildman–Crippen LogP) is 3.65. The van der Waals surface area contributed by atoms with E-state index in [0.29, 0.717) is 0 Å². The summed E-state index contributed by atoms with van der Waals surface area (Å²) >= 11 is 6.54. The van der Waals surface area contributed by atoms with E-state index in [-0.39, 0.29) is 6.04 Å². The van der Waals surface area contributed by atoms with Gasteiger partial charge >= 0.3 is 0 Å². The molecule has 2 aromatic carbocycles. The number of nitrogens with zero attached hydrogens (tertiary/aromatic N) is 1. The molecule has 0 saturated carbocycles. The van der Waals surface area contributed by atoms with Gasteiger partial charge in [0.15, 0.2) is 0 Å². The molecule has 0 spiro atoms. The molecule has 3 rings (SSSR count). The van der Waals surface area contributed by atoms with Crippen LogP contribution >= 0.6 is 11.6 Å². The SMILES string of the molecule is COc1ccc(C)cc1C(c1ccccc1Cl)N1CCNCC1. The summed E-state index contributed by atoms with van der Waals surface area (Å²) in [6.07, 6.45) is 0. The van der Waals surface area contributed by atoms with Gasteiger partial charge in [0.1, 0.15) is 5.75 Å². The summed E-state index contributed by atoms with van der Waals surface area (Å²) in [5.41, 5.74) is 3.55. The molecule has 2 aromatic rings. The van der Waals surface area contributed by atoms with Crippen molar-refractivity contribution in [2.24, 2.45) is 0 Å². The monoisotopic (exact) mass is 330 g/mol. The summed E-state index contributed by atoms with van der Waals surface area (Å²) in [5.74, 6) is 0.916. The Morgan fingerprint density at radius 3 is 2.52 bits per heavy atom. The van der Waals surface area contributed by atoms with Crippen molar-refractivity contribution in [3.05, 3.63) is 64.2 Å². The van der Waals surface area contributed by atoms with Gasteiger partial charge in [-0.05, 0) is 24.6 Å². The molecule has 1 fully saturated rings. The molecule has 4 heteroatoms. The van der Waals surface area contributed by atoms with Crippen LogP contribution in [0.1, 0.15) is 22.7 Å². The number of hydrogen-bond acceptors (Lipinski definition) is 3. The van der Waals surface area contributed by atoms with E-state index in [1.807, 2.05) is 12.1 Å². The van der Waals surface area contributed by atoms with E-state index >= 15 is 0 Å². The molecule has 1 atom stereocenters. The van der Waals surface area contributed by atoms with Crippen molar-refractivity contribution in [3.8, 4) is 5.75 Å². The Kier molecular flexibility index (Phi) is 5.21. The number of nitrogens with one attached hydrogen (secondary N) is 1. The maximum absolute atomic E-state index is 6.54. The molecule has 1 heterocycles. The molecule has 0 amide bonds. The van der Waals surface area contributed by atoms with Gasteiger partial charge in [-0.1, -0.05) is 47.5 Å². The van der Waals surface area contributed by atoms with Crippen LogP contribution in [-0.4, -0.2) is 38.2 Å². The highest BCUT2D eigenvalue weighted by Gasteiger charge is 2.28. The Balaban J connectivity index is 2.12. The van der Waals surface area contributed by atoms with Crippen LogP contribution in [0.4, 0.5) is 0 Å². The van der Waals surface area contributed by atoms with Crippen LogP contribution in [0.15, 0.2) is 42.5 Å². The second-order valence-electron chi connectivity index (χ2n) is 5.96. The van der Waals surface area contributed by atoms with Crippen LogP contribution in [0.2, 0.25) is 5.02 Å². The van der Waals surface area contributed by atoms with Crippen molar-refractivity contribution in [1.82, 2.24) is 10.2 Å². The third-order valence-electron chi connectivity index (χ3n) is 4.40. The summed E-state index contributed by atoms with van der Waals surface area (Å²) in [6, 6.07) is 14.6. The van der Waals surface area contributed by atoms with Crippen molar-refractivity contribution < 1.29 is 4.74 Å². The second kappa shape index (κ2) is 7.35. The highest BCUT2D eigenvalue weighted by Crippen LogP contribution is 2.38. The van der Waals surface area contributed by atoms with Gasteiger partial charge in [0.25, 0.3) is 0 Å². The average molecular weight is 331 g/mol. The Bertz CT molecular complexity index is 668. The normalized spacial score (nSPS) is 17.0. The molecular formula is C19H23ClN2O. The third-order valence-corrected chi connectivity index (χ3v) is 4.74. The van der Waals surface area contributed by atoms with E-state index in [1.54, 1.807) is 7.11 Å². The predicted molar refractivity (Wildman–Crippen MR) is 95.5 cm³/mol. The van der Waals surface area contributed by atoms with Gasteiger partial charge in [0, 0.05) is 36.8 Å². The lowest BCUT2D eigenvalue weighted by Crippen LogP contribution is -2.45. The first kappa shape index (κ1) is 16.3. The topological polar surface area (TPSA) is 24.5 Å². The van der Waals surface area contributed by atoms with Crippen molar-refractivity contribution in [2.75, 3.05) is 33.3 Å². The number of aryl methyl sites for hydroxylation is 1. The van der Waals surface area contributed by atoms with Crippen LogP contribution < -0.4 is 10.1 Å². The van der Waals surface area contributed by atoms with Gasteiger partial charge in [-0.2, -0.15) is 0 Å². The van der Waals surface area contributed by atoms with Crippen molar-refractivity contribution in [2.45, 2.75) is 13.0 Å². The zero-order valence-electron chi connectivity index (χ0n) is 13.7. The molecule has 1 aliphatic rings. The van der Waals surface area contributed by atoms with Crippen molar-refractivity contribution in [1.29, 1.82) is 0 Å². The molecule has 1 saturated heterocycles.